The Bertz CT molecular complexity index is 314. The molecule has 1 saturated heterocycles. The number of carbonyl (C=O) groups is 2. The van der Waals surface area contributed by atoms with Gasteiger partial charge in [0.1, 0.15) is 0 Å². The van der Waals surface area contributed by atoms with Crippen LogP contribution in [-0.4, -0.2) is 11.9 Å². The smallest absolute Gasteiger partial charge is 0.321 e. The number of fused-ring (bicyclic) bond motifs is 1. The van der Waals surface area contributed by atoms with Gasteiger partial charge in [0, 0.05) is 0 Å². The SMILES string of the molecule is CC1=C(C)[C@H]2C(=O)OC(=O)[C@H]2CC1. The summed E-state index contributed by atoms with van der Waals surface area (Å²) in [5.74, 6) is -1.16. The first kappa shape index (κ1) is 8.48. The van der Waals surface area contributed by atoms with Gasteiger partial charge in [-0.15, -0.1) is 0 Å². The highest BCUT2D eigenvalue weighted by Crippen LogP contribution is 2.39. The zero-order valence-corrected chi connectivity index (χ0v) is 7.79. The number of ether oxygens (including phenoxy) is 1. The largest absolute Gasteiger partial charge is 0.392 e. The third-order valence-electron chi connectivity index (χ3n) is 3.13. The summed E-state index contributed by atoms with van der Waals surface area (Å²) in [6, 6.07) is 0. The van der Waals surface area contributed by atoms with Gasteiger partial charge in [-0.2, -0.15) is 0 Å². The summed E-state index contributed by atoms with van der Waals surface area (Å²) in [5, 5.41) is 0. The molecule has 2 atom stereocenters. The van der Waals surface area contributed by atoms with E-state index in [-0.39, 0.29) is 23.8 Å². The number of hydrogen-bond donors (Lipinski definition) is 0. The van der Waals surface area contributed by atoms with E-state index in [0.29, 0.717) is 0 Å². The topological polar surface area (TPSA) is 43.4 Å². The van der Waals surface area contributed by atoms with Crippen LogP contribution < -0.4 is 0 Å². The molecule has 0 N–H and O–H groups in total. The highest BCUT2D eigenvalue weighted by Gasteiger charge is 2.46. The first-order valence-electron chi connectivity index (χ1n) is 4.53. The van der Waals surface area contributed by atoms with Crippen molar-refractivity contribution in [2.24, 2.45) is 11.8 Å². The molecule has 2 aliphatic rings. The molecule has 70 valence electrons. The first-order valence-corrected chi connectivity index (χ1v) is 4.53. The molecule has 0 spiro atoms. The predicted octanol–water partition coefficient (Wildman–Crippen LogP) is 1.43. The van der Waals surface area contributed by atoms with Crippen molar-refractivity contribution in [3.8, 4) is 0 Å². The summed E-state index contributed by atoms with van der Waals surface area (Å²) in [6.07, 6.45) is 1.67. The van der Waals surface area contributed by atoms with Gasteiger partial charge in [0.25, 0.3) is 0 Å². The summed E-state index contributed by atoms with van der Waals surface area (Å²) in [5.41, 5.74) is 2.26. The van der Waals surface area contributed by atoms with Gasteiger partial charge in [-0.3, -0.25) is 9.59 Å². The number of carbonyl (C=O) groups excluding carboxylic acids is 2. The minimum absolute atomic E-state index is 0.198. The van der Waals surface area contributed by atoms with Crippen LogP contribution in [0.5, 0.6) is 0 Å². The Labute approximate surface area is 76.8 Å². The summed E-state index contributed by atoms with van der Waals surface area (Å²) in [7, 11) is 0. The average Bonchev–Trinajstić information content (AvgIpc) is 2.35. The molecule has 1 fully saturated rings. The summed E-state index contributed by atoms with van der Waals surface area (Å²) < 4.78 is 4.61. The van der Waals surface area contributed by atoms with Gasteiger partial charge in [0.05, 0.1) is 11.8 Å². The Hall–Kier alpha value is -1.12. The van der Waals surface area contributed by atoms with Crippen LogP contribution in [0.25, 0.3) is 0 Å². The minimum atomic E-state index is -0.355. The van der Waals surface area contributed by atoms with Crippen molar-refractivity contribution >= 4 is 11.9 Å². The standard InChI is InChI=1S/C10H12O3/c1-5-3-4-7-8(6(5)2)10(12)13-9(7)11/h7-8H,3-4H2,1-2H3/t7-,8+/m0/s1. The quantitative estimate of drug-likeness (QED) is 0.322. The normalized spacial score (nSPS) is 33.4. The highest BCUT2D eigenvalue weighted by molar-refractivity contribution is 5.98. The van der Waals surface area contributed by atoms with Crippen molar-refractivity contribution in [1.29, 1.82) is 0 Å². The lowest BCUT2D eigenvalue weighted by Gasteiger charge is -2.22. The van der Waals surface area contributed by atoms with E-state index >= 15 is 0 Å². The van der Waals surface area contributed by atoms with Gasteiger partial charge in [-0.25, -0.2) is 0 Å². The third-order valence-corrected chi connectivity index (χ3v) is 3.13. The third kappa shape index (κ3) is 1.10. The Morgan fingerprint density at radius 1 is 1.23 bits per heavy atom. The second-order valence-corrected chi connectivity index (χ2v) is 3.83. The summed E-state index contributed by atoms with van der Waals surface area (Å²) >= 11 is 0. The monoisotopic (exact) mass is 180 g/mol. The number of cyclic esters (lactones) is 2. The van der Waals surface area contributed by atoms with E-state index in [1.54, 1.807) is 0 Å². The molecule has 1 aliphatic heterocycles. The lowest BCUT2D eigenvalue weighted by molar-refractivity contribution is -0.153. The Balaban J connectivity index is 2.40. The molecular weight excluding hydrogens is 168 g/mol. The summed E-state index contributed by atoms with van der Waals surface area (Å²) in [4.78, 5) is 22.5. The molecule has 3 heteroatoms. The van der Waals surface area contributed by atoms with Crippen LogP contribution in [0.3, 0.4) is 0 Å². The molecular formula is C10H12O3. The maximum absolute atomic E-state index is 11.3. The average molecular weight is 180 g/mol. The van der Waals surface area contributed by atoms with Crippen LogP contribution in [0.1, 0.15) is 26.7 Å². The van der Waals surface area contributed by atoms with Crippen LogP contribution in [0, 0.1) is 11.8 Å². The molecule has 0 saturated carbocycles. The number of esters is 2. The maximum atomic E-state index is 11.3. The second kappa shape index (κ2) is 2.69. The van der Waals surface area contributed by atoms with Crippen LogP contribution in [-0.2, 0) is 14.3 Å². The van der Waals surface area contributed by atoms with E-state index in [4.69, 9.17) is 0 Å². The molecule has 3 nitrogen and oxygen atoms in total. The number of rotatable bonds is 0. The van der Waals surface area contributed by atoms with Crippen LogP contribution in [0.15, 0.2) is 11.1 Å². The lowest BCUT2D eigenvalue weighted by atomic mass is 9.77. The van der Waals surface area contributed by atoms with Gasteiger partial charge in [-0.05, 0) is 26.7 Å². The van der Waals surface area contributed by atoms with E-state index in [1.807, 2.05) is 13.8 Å². The molecule has 0 unspecified atom stereocenters. The zero-order chi connectivity index (χ0) is 9.59. The fourth-order valence-corrected chi connectivity index (χ4v) is 2.14. The van der Waals surface area contributed by atoms with Gasteiger partial charge in [0.15, 0.2) is 0 Å². The molecule has 0 bridgehead atoms. The molecule has 1 aliphatic carbocycles. The van der Waals surface area contributed by atoms with Crippen LogP contribution >= 0.6 is 0 Å². The molecule has 0 aromatic heterocycles. The van der Waals surface area contributed by atoms with E-state index in [1.165, 1.54) is 5.57 Å². The first-order chi connectivity index (χ1) is 6.11. The minimum Gasteiger partial charge on any atom is -0.392 e. The van der Waals surface area contributed by atoms with Crippen LogP contribution in [0.4, 0.5) is 0 Å². The van der Waals surface area contributed by atoms with Crippen LogP contribution in [0.2, 0.25) is 0 Å². The molecule has 0 aromatic rings. The van der Waals surface area contributed by atoms with Gasteiger partial charge in [-0.1, -0.05) is 11.1 Å². The summed E-state index contributed by atoms with van der Waals surface area (Å²) in [6.45, 7) is 3.94. The molecule has 13 heavy (non-hydrogen) atoms. The number of hydrogen-bond acceptors (Lipinski definition) is 3. The van der Waals surface area contributed by atoms with E-state index in [9.17, 15) is 9.59 Å². The van der Waals surface area contributed by atoms with Crippen molar-refractivity contribution in [2.45, 2.75) is 26.7 Å². The Kier molecular flexibility index (Phi) is 1.75. The van der Waals surface area contributed by atoms with Crippen molar-refractivity contribution in [1.82, 2.24) is 0 Å². The van der Waals surface area contributed by atoms with Crippen molar-refractivity contribution in [3.63, 3.8) is 0 Å². The highest BCUT2D eigenvalue weighted by atomic mass is 16.6. The predicted molar refractivity (Wildman–Crippen MR) is 45.7 cm³/mol. The molecule has 0 radical (unpaired) electrons. The fraction of sp³-hybridized carbons (Fsp3) is 0.600. The Morgan fingerprint density at radius 2 is 1.92 bits per heavy atom. The van der Waals surface area contributed by atoms with Gasteiger partial charge in [0.2, 0.25) is 0 Å². The second-order valence-electron chi connectivity index (χ2n) is 3.83. The van der Waals surface area contributed by atoms with E-state index in [2.05, 4.69) is 4.74 Å². The Morgan fingerprint density at radius 3 is 2.62 bits per heavy atom. The maximum Gasteiger partial charge on any atom is 0.321 e. The van der Waals surface area contributed by atoms with E-state index < -0.39 is 0 Å². The van der Waals surface area contributed by atoms with Gasteiger partial charge >= 0.3 is 11.9 Å². The van der Waals surface area contributed by atoms with Crippen molar-refractivity contribution < 1.29 is 14.3 Å². The molecule has 2 rings (SSSR count). The number of allylic oxidation sites excluding steroid dienone is 1. The molecule has 1 heterocycles. The molecule has 0 amide bonds. The lowest BCUT2D eigenvalue weighted by Crippen LogP contribution is -2.23. The fourth-order valence-electron chi connectivity index (χ4n) is 2.14. The van der Waals surface area contributed by atoms with Crippen molar-refractivity contribution in [2.75, 3.05) is 0 Å². The zero-order valence-electron chi connectivity index (χ0n) is 7.79. The van der Waals surface area contributed by atoms with Gasteiger partial charge < -0.3 is 4.74 Å². The molecule has 0 aromatic carbocycles. The van der Waals surface area contributed by atoms with Crippen molar-refractivity contribution in [3.05, 3.63) is 11.1 Å². The van der Waals surface area contributed by atoms with E-state index in [0.717, 1.165) is 18.4 Å².